The van der Waals surface area contributed by atoms with Gasteiger partial charge in [0, 0.05) is 10.9 Å². The number of rotatable bonds is 3. The number of ether oxygens (including phenoxy) is 2. The first-order chi connectivity index (χ1) is 6.98. The molecule has 0 bridgehead atoms. The van der Waals surface area contributed by atoms with Crippen molar-refractivity contribution in [1.29, 1.82) is 0 Å². The van der Waals surface area contributed by atoms with Crippen LogP contribution in [-0.2, 0) is 5.33 Å². The third kappa shape index (κ3) is 3.30. The van der Waals surface area contributed by atoms with E-state index in [9.17, 15) is 13.2 Å². The Hall–Kier alpha value is -0.910. The maximum absolute atomic E-state index is 12.0. The van der Waals surface area contributed by atoms with E-state index in [1.165, 1.54) is 19.2 Å². The average molecular weight is 285 g/mol. The summed E-state index contributed by atoms with van der Waals surface area (Å²) < 4.78 is 44.8. The van der Waals surface area contributed by atoms with Gasteiger partial charge in [0.1, 0.15) is 11.5 Å². The third-order valence-corrected chi connectivity index (χ3v) is 2.23. The van der Waals surface area contributed by atoms with E-state index in [1.807, 2.05) is 0 Å². The Morgan fingerprint density at radius 1 is 1.27 bits per heavy atom. The Morgan fingerprint density at radius 3 is 2.33 bits per heavy atom. The number of halogens is 4. The Bertz CT molecular complexity index is 339. The maximum Gasteiger partial charge on any atom is 0.573 e. The minimum Gasteiger partial charge on any atom is -0.496 e. The van der Waals surface area contributed by atoms with Gasteiger partial charge in [0.05, 0.1) is 7.11 Å². The topological polar surface area (TPSA) is 18.5 Å². The van der Waals surface area contributed by atoms with Gasteiger partial charge in [-0.05, 0) is 12.1 Å². The van der Waals surface area contributed by atoms with Crippen LogP contribution in [0.2, 0.25) is 0 Å². The summed E-state index contributed by atoms with van der Waals surface area (Å²) in [6.45, 7) is 0. The minimum absolute atomic E-state index is 0.225. The van der Waals surface area contributed by atoms with Crippen LogP contribution in [0, 0.1) is 0 Å². The van der Waals surface area contributed by atoms with Gasteiger partial charge in [0.25, 0.3) is 0 Å². The molecule has 1 aromatic carbocycles. The van der Waals surface area contributed by atoms with Crippen LogP contribution in [0.15, 0.2) is 18.2 Å². The predicted octanol–water partition coefficient (Wildman–Crippen LogP) is 3.49. The van der Waals surface area contributed by atoms with E-state index < -0.39 is 6.36 Å². The number of hydrogen-bond donors (Lipinski definition) is 0. The molecule has 0 radical (unpaired) electrons. The number of alkyl halides is 4. The second-order valence-electron chi connectivity index (χ2n) is 2.62. The van der Waals surface area contributed by atoms with Crippen LogP contribution in [0.25, 0.3) is 0 Å². The first kappa shape index (κ1) is 12.2. The molecule has 0 aliphatic rings. The second kappa shape index (κ2) is 4.74. The van der Waals surface area contributed by atoms with Gasteiger partial charge < -0.3 is 9.47 Å². The van der Waals surface area contributed by atoms with E-state index in [-0.39, 0.29) is 11.1 Å². The summed E-state index contributed by atoms with van der Waals surface area (Å²) in [4.78, 5) is 0. The van der Waals surface area contributed by atoms with Crippen LogP contribution in [0.4, 0.5) is 13.2 Å². The highest BCUT2D eigenvalue weighted by molar-refractivity contribution is 9.08. The van der Waals surface area contributed by atoms with E-state index in [4.69, 9.17) is 4.74 Å². The van der Waals surface area contributed by atoms with Crippen LogP contribution in [0.5, 0.6) is 11.5 Å². The molecule has 0 atom stereocenters. The van der Waals surface area contributed by atoms with Crippen LogP contribution in [-0.4, -0.2) is 13.5 Å². The summed E-state index contributed by atoms with van der Waals surface area (Å²) >= 11 is 3.08. The predicted molar refractivity (Wildman–Crippen MR) is 52.3 cm³/mol. The van der Waals surface area contributed by atoms with Crippen molar-refractivity contribution in [3.8, 4) is 11.5 Å². The summed E-state index contributed by atoms with van der Waals surface area (Å²) in [7, 11) is 1.39. The van der Waals surface area contributed by atoms with Crippen molar-refractivity contribution in [1.82, 2.24) is 0 Å². The van der Waals surface area contributed by atoms with Crippen molar-refractivity contribution in [2.75, 3.05) is 7.11 Å². The highest BCUT2D eigenvalue weighted by Crippen LogP contribution is 2.33. The Labute approximate surface area is 93.1 Å². The van der Waals surface area contributed by atoms with Crippen molar-refractivity contribution >= 4 is 15.9 Å². The van der Waals surface area contributed by atoms with Gasteiger partial charge in [-0.2, -0.15) is 0 Å². The zero-order valence-electron chi connectivity index (χ0n) is 7.77. The van der Waals surface area contributed by atoms with Crippen LogP contribution >= 0.6 is 15.9 Å². The molecule has 0 aromatic heterocycles. The van der Waals surface area contributed by atoms with Crippen molar-refractivity contribution < 1.29 is 22.6 Å². The Kier molecular flexibility index (Phi) is 3.84. The molecule has 0 heterocycles. The third-order valence-electron chi connectivity index (χ3n) is 1.67. The quantitative estimate of drug-likeness (QED) is 0.791. The molecule has 15 heavy (non-hydrogen) atoms. The molecule has 0 spiro atoms. The average Bonchev–Trinajstić information content (AvgIpc) is 2.15. The summed E-state index contributed by atoms with van der Waals surface area (Å²) in [5.41, 5.74) is 0.331. The molecular formula is C9H8BrF3O2. The van der Waals surface area contributed by atoms with Gasteiger partial charge in [0.15, 0.2) is 0 Å². The fraction of sp³-hybridized carbons (Fsp3) is 0.333. The fourth-order valence-electron chi connectivity index (χ4n) is 1.09. The maximum atomic E-state index is 12.0. The zero-order chi connectivity index (χ0) is 11.5. The summed E-state index contributed by atoms with van der Waals surface area (Å²) in [6, 6.07) is 4.25. The molecule has 1 aromatic rings. The minimum atomic E-state index is -4.69. The standard InChI is InChI=1S/C9H8BrF3O2/c1-14-7-3-2-4-8(6(7)5-10)15-9(11,12)13/h2-4H,5H2,1H3. The molecule has 0 unspecified atom stereocenters. The first-order valence-corrected chi connectivity index (χ1v) is 5.07. The van der Waals surface area contributed by atoms with E-state index in [0.29, 0.717) is 11.3 Å². The largest absolute Gasteiger partial charge is 0.573 e. The van der Waals surface area contributed by atoms with Crippen LogP contribution in [0.3, 0.4) is 0 Å². The number of methoxy groups -OCH3 is 1. The normalized spacial score (nSPS) is 11.3. The summed E-state index contributed by atoms with van der Waals surface area (Å²) in [6.07, 6.45) is -4.69. The lowest BCUT2D eigenvalue weighted by Gasteiger charge is -2.14. The molecule has 6 heteroatoms. The van der Waals surface area contributed by atoms with Crippen molar-refractivity contribution in [3.05, 3.63) is 23.8 Å². The lowest BCUT2D eigenvalue weighted by molar-refractivity contribution is -0.274. The zero-order valence-corrected chi connectivity index (χ0v) is 9.35. The van der Waals surface area contributed by atoms with Crippen molar-refractivity contribution in [2.45, 2.75) is 11.7 Å². The highest BCUT2D eigenvalue weighted by Gasteiger charge is 2.32. The van der Waals surface area contributed by atoms with Crippen molar-refractivity contribution in [2.24, 2.45) is 0 Å². The molecule has 84 valence electrons. The number of benzene rings is 1. The van der Waals surface area contributed by atoms with E-state index in [1.54, 1.807) is 6.07 Å². The monoisotopic (exact) mass is 284 g/mol. The molecule has 0 fully saturated rings. The van der Waals surface area contributed by atoms with Gasteiger partial charge in [-0.25, -0.2) is 0 Å². The van der Waals surface area contributed by atoms with E-state index in [0.717, 1.165) is 0 Å². The number of hydrogen-bond acceptors (Lipinski definition) is 2. The van der Waals surface area contributed by atoms with Gasteiger partial charge in [-0.3, -0.25) is 0 Å². The molecule has 1 rings (SSSR count). The molecule has 0 N–H and O–H groups in total. The molecule has 0 aliphatic heterocycles. The fourth-order valence-corrected chi connectivity index (χ4v) is 1.64. The second-order valence-corrected chi connectivity index (χ2v) is 3.18. The molecule has 0 saturated heterocycles. The van der Waals surface area contributed by atoms with Gasteiger partial charge in [-0.1, -0.05) is 22.0 Å². The van der Waals surface area contributed by atoms with Gasteiger partial charge in [-0.15, -0.1) is 13.2 Å². The molecule has 0 amide bonds. The van der Waals surface area contributed by atoms with Gasteiger partial charge >= 0.3 is 6.36 Å². The van der Waals surface area contributed by atoms with Gasteiger partial charge in [0.2, 0.25) is 0 Å². The van der Waals surface area contributed by atoms with Crippen LogP contribution in [0.1, 0.15) is 5.56 Å². The van der Waals surface area contributed by atoms with E-state index >= 15 is 0 Å². The SMILES string of the molecule is COc1cccc(OC(F)(F)F)c1CBr. The smallest absolute Gasteiger partial charge is 0.496 e. The molecule has 2 nitrogen and oxygen atoms in total. The highest BCUT2D eigenvalue weighted by atomic mass is 79.9. The summed E-state index contributed by atoms with van der Waals surface area (Å²) in [5.74, 6) is 0.104. The molecule has 0 aliphatic carbocycles. The molecular weight excluding hydrogens is 277 g/mol. The lowest BCUT2D eigenvalue weighted by Crippen LogP contribution is -2.18. The van der Waals surface area contributed by atoms with Crippen LogP contribution < -0.4 is 9.47 Å². The lowest BCUT2D eigenvalue weighted by atomic mass is 10.2. The first-order valence-electron chi connectivity index (χ1n) is 3.95. The molecule has 0 saturated carbocycles. The Morgan fingerprint density at radius 2 is 1.87 bits per heavy atom. The van der Waals surface area contributed by atoms with E-state index in [2.05, 4.69) is 20.7 Å². The van der Waals surface area contributed by atoms with Crippen molar-refractivity contribution in [3.63, 3.8) is 0 Å². The Balaban J connectivity index is 3.06. The summed E-state index contributed by atoms with van der Waals surface area (Å²) in [5, 5.41) is 0.225.